The Bertz CT molecular complexity index is 712. The van der Waals surface area contributed by atoms with Crippen molar-refractivity contribution in [2.24, 2.45) is 5.73 Å². The molecule has 22 heavy (non-hydrogen) atoms. The van der Waals surface area contributed by atoms with Gasteiger partial charge in [0.15, 0.2) is 0 Å². The van der Waals surface area contributed by atoms with Gasteiger partial charge in [-0.3, -0.25) is 9.59 Å². The van der Waals surface area contributed by atoms with Crippen LogP contribution in [-0.4, -0.2) is 11.8 Å². The van der Waals surface area contributed by atoms with Gasteiger partial charge in [0.2, 0.25) is 5.91 Å². The highest BCUT2D eigenvalue weighted by Gasteiger charge is 2.24. The number of thiophene rings is 1. The van der Waals surface area contributed by atoms with Gasteiger partial charge in [0.25, 0.3) is 5.91 Å². The second kappa shape index (κ2) is 6.70. The molecule has 0 aliphatic rings. The lowest BCUT2D eigenvalue weighted by Gasteiger charge is -2.16. The molecule has 3 N–H and O–H groups in total. The van der Waals surface area contributed by atoms with Crippen molar-refractivity contribution in [2.45, 2.75) is 26.3 Å². The van der Waals surface area contributed by atoms with Gasteiger partial charge in [-0.15, -0.1) is 11.3 Å². The smallest absolute Gasteiger partial charge is 0.262 e. The van der Waals surface area contributed by atoms with Crippen LogP contribution in [0.2, 0.25) is 0 Å². The molecule has 1 aromatic heterocycles. The van der Waals surface area contributed by atoms with Crippen molar-refractivity contribution in [2.75, 3.05) is 0 Å². The van der Waals surface area contributed by atoms with E-state index in [1.165, 1.54) is 29.5 Å². The van der Waals surface area contributed by atoms with E-state index in [2.05, 4.69) is 5.32 Å². The first kappa shape index (κ1) is 16.2. The molecule has 0 bridgehead atoms. The van der Waals surface area contributed by atoms with E-state index >= 15 is 0 Å². The predicted octanol–water partition coefficient (Wildman–Crippen LogP) is 2.71. The lowest BCUT2D eigenvalue weighted by molar-refractivity contribution is -0.120. The molecule has 1 heterocycles. The molecular weight excluding hydrogens is 303 g/mol. The molecular formula is C16H17FN2O2S. The van der Waals surface area contributed by atoms with E-state index in [0.717, 1.165) is 16.9 Å². The van der Waals surface area contributed by atoms with Crippen LogP contribution in [0.25, 0.3) is 0 Å². The van der Waals surface area contributed by atoms with Crippen molar-refractivity contribution >= 4 is 23.2 Å². The molecule has 0 saturated heterocycles. The van der Waals surface area contributed by atoms with E-state index in [4.69, 9.17) is 5.73 Å². The van der Waals surface area contributed by atoms with Crippen molar-refractivity contribution in [3.63, 3.8) is 0 Å². The van der Waals surface area contributed by atoms with Crippen molar-refractivity contribution in [3.05, 3.63) is 57.0 Å². The first-order valence-corrected chi connectivity index (χ1v) is 7.69. The summed E-state index contributed by atoms with van der Waals surface area (Å²) in [6.07, 6.45) is 0.830. The van der Waals surface area contributed by atoms with E-state index < -0.39 is 23.7 Å². The maximum absolute atomic E-state index is 13.8. The molecule has 0 spiro atoms. The minimum atomic E-state index is -1.19. The van der Waals surface area contributed by atoms with Gasteiger partial charge in [0, 0.05) is 10.4 Å². The van der Waals surface area contributed by atoms with Gasteiger partial charge in [-0.1, -0.05) is 25.1 Å². The molecule has 4 nitrogen and oxygen atoms in total. The molecule has 1 aromatic carbocycles. The van der Waals surface area contributed by atoms with Crippen molar-refractivity contribution < 1.29 is 14.0 Å². The highest BCUT2D eigenvalue weighted by Crippen LogP contribution is 2.24. The highest BCUT2D eigenvalue weighted by molar-refractivity contribution is 7.14. The fraction of sp³-hybridized carbons (Fsp3) is 0.250. The van der Waals surface area contributed by atoms with Crippen LogP contribution in [0.5, 0.6) is 0 Å². The molecule has 2 rings (SSSR count). The van der Waals surface area contributed by atoms with Gasteiger partial charge in [0.05, 0.1) is 4.88 Å². The summed E-state index contributed by atoms with van der Waals surface area (Å²) in [6, 6.07) is 6.32. The number of benzene rings is 1. The summed E-state index contributed by atoms with van der Waals surface area (Å²) in [6.45, 7) is 3.93. The molecule has 0 saturated carbocycles. The van der Waals surface area contributed by atoms with Crippen LogP contribution in [0, 0.1) is 12.7 Å². The van der Waals surface area contributed by atoms with Gasteiger partial charge in [0.1, 0.15) is 11.9 Å². The standard InChI is InChI=1S/C16H17FN2O2S/c1-3-12-9(2)8-13(22-12)16(21)19-14(15(18)20)10-6-4-5-7-11(10)17/h4-8,14H,3H2,1-2H3,(H2,18,20)(H,19,21). The molecule has 116 valence electrons. The third-order valence-electron chi connectivity index (χ3n) is 3.34. The van der Waals surface area contributed by atoms with Crippen molar-refractivity contribution in [1.29, 1.82) is 0 Å². The summed E-state index contributed by atoms with van der Waals surface area (Å²) in [7, 11) is 0. The highest BCUT2D eigenvalue weighted by atomic mass is 32.1. The molecule has 0 radical (unpaired) electrons. The second-order valence-corrected chi connectivity index (χ2v) is 6.04. The predicted molar refractivity (Wildman–Crippen MR) is 84.2 cm³/mol. The monoisotopic (exact) mass is 320 g/mol. The number of amides is 2. The summed E-state index contributed by atoms with van der Waals surface area (Å²) in [4.78, 5) is 25.5. The SMILES string of the molecule is CCc1sc(C(=O)NC(C(N)=O)c2ccccc2F)cc1C. The Balaban J connectivity index is 2.26. The van der Waals surface area contributed by atoms with E-state index in [1.54, 1.807) is 12.1 Å². The summed E-state index contributed by atoms with van der Waals surface area (Å²) in [5.41, 5.74) is 6.40. The lowest BCUT2D eigenvalue weighted by Crippen LogP contribution is -2.37. The quantitative estimate of drug-likeness (QED) is 0.889. The summed E-state index contributed by atoms with van der Waals surface area (Å²) in [5, 5.41) is 2.51. The van der Waals surface area contributed by atoms with E-state index in [1.807, 2.05) is 13.8 Å². The van der Waals surface area contributed by atoms with Crippen LogP contribution in [0.1, 0.15) is 38.6 Å². The number of rotatable bonds is 5. The zero-order chi connectivity index (χ0) is 16.3. The average Bonchev–Trinajstić information content (AvgIpc) is 2.86. The number of hydrogen-bond donors (Lipinski definition) is 2. The first-order valence-electron chi connectivity index (χ1n) is 6.88. The fourth-order valence-corrected chi connectivity index (χ4v) is 3.21. The molecule has 2 amide bonds. The van der Waals surface area contributed by atoms with E-state index in [0.29, 0.717) is 4.88 Å². The Morgan fingerprint density at radius 3 is 2.59 bits per heavy atom. The Morgan fingerprint density at radius 1 is 1.36 bits per heavy atom. The number of nitrogens with two attached hydrogens (primary N) is 1. The zero-order valence-corrected chi connectivity index (χ0v) is 13.2. The molecule has 2 aromatic rings. The Kier molecular flexibility index (Phi) is 4.92. The molecule has 1 unspecified atom stereocenters. The number of primary amides is 1. The van der Waals surface area contributed by atoms with Crippen LogP contribution >= 0.6 is 11.3 Å². The van der Waals surface area contributed by atoms with Crippen LogP contribution in [0.15, 0.2) is 30.3 Å². The molecule has 1 atom stereocenters. The van der Waals surface area contributed by atoms with Gasteiger partial charge in [-0.2, -0.15) is 0 Å². The van der Waals surface area contributed by atoms with Crippen LogP contribution < -0.4 is 11.1 Å². The van der Waals surface area contributed by atoms with Gasteiger partial charge in [-0.05, 0) is 31.0 Å². The third kappa shape index (κ3) is 3.33. The second-order valence-electron chi connectivity index (χ2n) is 4.90. The first-order chi connectivity index (χ1) is 10.4. The third-order valence-corrected chi connectivity index (χ3v) is 4.72. The number of aryl methyl sites for hydroxylation is 2. The van der Waals surface area contributed by atoms with E-state index in [9.17, 15) is 14.0 Å². The maximum atomic E-state index is 13.8. The minimum absolute atomic E-state index is 0.0624. The van der Waals surface area contributed by atoms with Crippen molar-refractivity contribution in [3.8, 4) is 0 Å². The number of carbonyl (C=O) groups excluding carboxylic acids is 2. The topological polar surface area (TPSA) is 72.2 Å². The summed E-state index contributed by atoms with van der Waals surface area (Å²) < 4.78 is 13.8. The molecule has 6 heteroatoms. The fourth-order valence-electron chi connectivity index (χ4n) is 2.20. The van der Waals surface area contributed by atoms with Crippen LogP contribution in [-0.2, 0) is 11.2 Å². The van der Waals surface area contributed by atoms with Gasteiger partial charge in [-0.25, -0.2) is 4.39 Å². The van der Waals surface area contributed by atoms with Crippen LogP contribution in [0.3, 0.4) is 0 Å². The Hall–Kier alpha value is -2.21. The normalized spacial score (nSPS) is 12.0. The summed E-state index contributed by atoms with van der Waals surface area (Å²) >= 11 is 1.36. The number of carbonyl (C=O) groups is 2. The number of hydrogen-bond acceptors (Lipinski definition) is 3. The lowest BCUT2D eigenvalue weighted by atomic mass is 10.1. The Morgan fingerprint density at radius 2 is 2.05 bits per heavy atom. The van der Waals surface area contributed by atoms with Crippen LogP contribution in [0.4, 0.5) is 4.39 Å². The zero-order valence-electron chi connectivity index (χ0n) is 12.4. The number of nitrogens with one attached hydrogen (secondary N) is 1. The summed E-state index contributed by atoms with van der Waals surface area (Å²) in [5.74, 6) is -1.81. The molecule has 0 aliphatic heterocycles. The van der Waals surface area contributed by atoms with Gasteiger partial charge >= 0.3 is 0 Å². The van der Waals surface area contributed by atoms with Gasteiger partial charge < -0.3 is 11.1 Å². The Labute approximate surface area is 132 Å². The van der Waals surface area contributed by atoms with Crippen molar-refractivity contribution in [1.82, 2.24) is 5.32 Å². The maximum Gasteiger partial charge on any atom is 0.262 e. The largest absolute Gasteiger partial charge is 0.368 e. The minimum Gasteiger partial charge on any atom is -0.368 e. The average molecular weight is 320 g/mol. The van der Waals surface area contributed by atoms with E-state index in [-0.39, 0.29) is 5.56 Å². The number of halogens is 1. The molecule has 0 aliphatic carbocycles. The molecule has 0 fully saturated rings.